The van der Waals surface area contributed by atoms with Crippen molar-refractivity contribution in [3.63, 3.8) is 0 Å². The standard InChI is InChI=1S/C27H29F3N4O5/c1-33-21-12-17(5-6-22(21)39-25(33)37)26(38)9-7-19(8-10-26)34(20-13-31-14-20)23(35)15-32-24(36)16-3-2-4-18(11-16)27(28,29)30/h2-6,11-12,19-20,31,38H,7-10,13-15H2,1H3,(H,32,36). The SMILES string of the molecule is Cn1c(=O)oc2ccc(C3(O)CCC(N(C(=O)CNC(=O)c4cccc(C(F)(F)F)c4)C4CNC4)CC3)cc21. The minimum atomic E-state index is -4.58. The molecule has 1 aliphatic carbocycles. The lowest BCUT2D eigenvalue weighted by molar-refractivity contribution is -0.139. The van der Waals surface area contributed by atoms with Crippen LogP contribution in [0.25, 0.3) is 11.1 Å². The summed E-state index contributed by atoms with van der Waals surface area (Å²) in [6.07, 6.45) is -2.78. The van der Waals surface area contributed by atoms with Crippen LogP contribution < -0.4 is 16.4 Å². The van der Waals surface area contributed by atoms with Gasteiger partial charge in [-0.05, 0) is 61.6 Å². The lowest BCUT2D eigenvalue weighted by Gasteiger charge is -2.47. The van der Waals surface area contributed by atoms with Crippen LogP contribution in [0.1, 0.15) is 47.2 Å². The number of hydrogen-bond donors (Lipinski definition) is 3. The van der Waals surface area contributed by atoms with Gasteiger partial charge in [-0.25, -0.2) is 4.79 Å². The first-order valence-electron chi connectivity index (χ1n) is 12.8. The Morgan fingerprint density at radius 2 is 1.87 bits per heavy atom. The number of oxazole rings is 1. The molecular weight excluding hydrogens is 517 g/mol. The molecule has 12 heteroatoms. The summed E-state index contributed by atoms with van der Waals surface area (Å²) in [6, 6.07) is 8.98. The largest absolute Gasteiger partial charge is 0.419 e. The first kappa shape index (κ1) is 26.9. The number of halogens is 3. The number of fused-ring (bicyclic) bond motifs is 1. The second-order valence-electron chi connectivity index (χ2n) is 10.2. The molecule has 2 fully saturated rings. The van der Waals surface area contributed by atoms with Crippen molar-refractivity contribution in [2.45, 2.75) is 49.5 Å². The smallest absolute Gasteiger partial charge is 0.408 e. The molecule has 2 heterocycles. The van der Waals surface area contributed by atoms with E-state index >= 15 is 0 Å². The molecule has 1 saturated carbocycles. The van der Waals surface area contributed by atoms with Crippen LogP contribution in [-0.4, -0.2) is 58.1 Å². The van der Waals surface area contributed by atoms with Crippen molar-refractivity contribution in [1.82, 2.24) is 20.1 Å². The normalized spacial score (nSPS) is 21.9. The molecule has 3 N–H and O–H groups in total. The van der Waals surface area contributed by atoms with Gasteiger partial charge in [0.15, 0.2) is 5.58 Å². The third-order valence-corrected chi connectivity index (χ3v) is 7.80. The first-order valence-corrected chi connectivity index (χ1v) is 12.8. The summed E-state index contributed by atoms with van der Waals surface area (Å²) in [7, 11) is 1.60. The molecule has 0 bridgehead atoms. The number of amides is 2. The van der Waals surface area contributed by atoms with Gasteiger partial charge in [0.05, 0.1) is 29.3 Å². The van der Waals surface area contributed by atoms with Crippen LogP contribution >= 0.6 is 0 Å². The van der Waals surface area contributed by atoms with Crippen molar-refractivity contribution in [1.29, 1.82) is 0 Å². The number of nitrogens with zero attached hydrogens (tertiary/aromatic N) is 2. The quantitative estimate of drug-likeness (QED) is 0.438. The van der Waals surface area contributed by atoms with E-state index in [1.165, 1.54) is 10.6 Å². The van der Waals surface area contributed by atoms with Gasteiger partial charge in [-0.2, -0.15) is 13.2 Å². The molecule has 2 aliphatic rings. The minimum Gasteiger partial charge on any atom is -0.408 e. The second-order valence-corrected chi connectivity index (χ2v) is 10.2. The maximum Gasteiger partial charge on any atom is 0.419 e. The fourth-order valence-electron chi connectivity index (χ4n) is 5.42. The molecule has 39 heavy (non-hydrogen) atoms. The summed E-state index contributed by atoms with van der Waals surface area (Å²) in [5.41, 5.74) is -0.562. The lowest BCUT2D eigenvalue weighted by Crippen LogP contribution is -2.63. The Morgan fingerprint density at radius 3 is 2.51 bits per heavy atom. The van der Waals surface area contributed by atoms with Crippen LogP contribution in [0.4, 0.5) is 13.2 Å². The molecule has 2 aromatic carbocycles. The molecular formula is C27H29F3N4O5. The molecule has 1 saturated heterocycles. The zero-order chi connectivity index (χ0) is 27.9. The Kier molecular flexibility index (Phi) is 7.02. The Bertz CT molecular complexity index is 1450. The number of carbonyl (C=O) groups excluding carboxylic acids is 2. The summed E-state index contributed by atoms with van der Waals surface area (Å²) in [4.78, 5) is 39.4. The van der Waals surface area contributed by atoms with Crippen LogP contribution in [0.3, 0.4) is 0 Å². The first-order chi connectivity index (χ1) is 18.5. The Morgan fingerprint density at radius 1 is 1.15 bits per heavy atom. The third kappa shape index (κ3) is 5.30. The second kappa shape index (κ2) is 10.2. The fourth-order valence-corrected chi connectivity index (χ4v) is 5.42. The topological polar surface area (TPSA) is 117 Å². The van der Waals surface area contributed by atoms with Crippen molar-refractivity contribution in [2.24, 2.45) is 7.05 Å². The zero-order valence-electron chi connectivity index (χ0n) is 21.3. The van der Waals surface area contributed by atoms with E-state index in [1.54, 1.807) is 30.1 Å². The van der Waals surface area contributed by atoms with Crippen molar-refractivity contribution in [2.75, 3.05) is 19.6 Å². The highest BCUT2D eigenvalue weighted by atomic mass is 19.4. The number of benzene rings is 2. The minimum absolute atomic E-state index is 0.0732. The molecule has 3 aromatic rings. The van der Waals surface area contributed by atoms with Gasteiger partial charge in [-0.1, -0.05) is 12.1 Å². The summed E-state index contributed by atoms with van der Waals surface area (Å²) in [6.45, 7) is 0.843. The highest BCUT2D eigenvalue weighted by Crippen LogP contribution is 2.40. The van der Waals surface area contributed by atoms with Crippen LogP contribution in [0.5, 0.6) is 0 Å². The van der Waals surface area contributed by atoms with E-state index in [1.807, 2.05) is 0 Å². The summed E-state index contributed by atoms with van der Waals surface area (Å²) >= 11 is 0. The van der Waals surface area contributed by atoms with Crippen LogP contribution in [0, 0.1) is 0 Å². The summed E-state index contributed by atoms with van der Waals surface area (Å²) in [5.74, 6) is -1.57. The third-order valence-electron chi connectivity index (χ3n) is 7.80. The van der Waals surface area contributed by atoms with E-state index < -0.39 is 29.0 Å². The van der Waals surface area contributed by atoms with Gasteiger partial charge < -0.3 is 25.1 Å². The van der Waals surface area contributed by atoms with Crippen molar-refractivity contribution in [3.8, 4) is 0 Å². The van der Waals surface area contributed by atoms with E-state index in [4.69, 9.17) is 4.42 Å². The molecule has 9 nitrogen and oxygen atoms in total. The van der Waals surface area contributed by atoms with Gasteiger partial charge in [0.1, 0.15) is 0 Å². The highest BCUT2D eigenvalue weighted by Gasteiger charge is 2.41. The number of carbonyl (C=O) groups is 2. The fraction of sp³-hybridized carbons (Fsp3) is 0.444. The van der Waals surface area contributed by atoms with E-state index in [-0.39, 0.29) is 30.1 Å². The van der Waals surface area contributed by atoms with Gasteiger partial charge in [0.2, 0.25) is 5.91 Å². The Hall–Kier alpha value is -3.64. The molecule has 1 aromatic heterocycles. The molecule has 2 amide bonds. The molecule has 5 rings (SSSR count). The lowest BCUT2D eigenvalue weighted by atomic mass is 9.77. The predicted octanol–water partition coefficient (Wildman–Crippen LogP) is 2.51. The Labute approximate surface area is 221 Å². The molecule has 0 radical (unpaired) electrons. The Balaban J connectivity index is 1.25. The van der Waals surface area contributed by atoms with E-state index in [9.17, 15) is 32.7 Å². The van der Waals surface area contributed by atoms with E-state index in [0.717, 1.165) is 18.2 Å². The number of alkyl halides is 3. The average molecular weight is 547 g/mol. The molecule has 208 valence electrons. The summed E-state index contributed by atoms with van der Waals surface area (Å²) in [5, 5.41) is 17.1. The maximum absolute atomic E-state index is 13.3. The molecule has 0 spiro atoms. The highest BCUT2D eigenvalue weighted by molar-refractivity contribution is 5.96. The average Bonchev–Trinajstić information content (AvgIpc) is 3.17. The van der Waals surface area contributed by atoms with E-state index in [0.29, 0.717) is 55.4 Å². The number of aliphatic hydroxyl groups is 1. The van der Waals surface area contributed by atoms with Gasteiger partial charge >= 0.3 is 11.9 Å². The number of rotatable bonds is 6. The van der Waals surface area contributed by atoms with Crippen molar-refractivity contribution < 1.29 is 32.3 Å². The van der Waals surface area contributed by atoms with Crippen LogP contribution in [0.2, 0.25) is 0 Å². The van der Waals surface area contributed by atoms with Gasteiger partial charge in [-0.15, -0.1) is 0 Å². The van der Waals surface area contributed by atoms with Gasteiger partial charge in [0.25, 0.3) is 5.91 Å². The van der Waals surface area contributed by atoms with Gasteiger partial charge in [-0.3, -0.25) is 14.2 Å². The van der Waals surface area contributed by atoms with Gasteiger partial charge in [0, 0.05) is 31.7 Å². The zero-order valence-corrected chi connectivity index (χ0v) is 21.3. The maximum atomic E-state index is 13.3. The predicted molar refractivity (Wildman–Crippen MR) is 135 cm³/mol. The summed E-state index contributed by atoms with van der Waals surface area (Å²) < 4.78 is 45.6. The van der Waals surface area contributed by atoms with Crippen LogP contribution in [-0.2, 0) is 23.6 Å². The molecule has 0 atom stereocenters. The number of hydrogen-bond acceptors (Lipinski definition) is 6. The number of aromatic nitrogens is 1. The molecule has 1 aliphatic heterocycles. The van der Waals surface area contributed by atoms with Crippen molar-refractivity contribution in [3.05, 3.63) is 69.7 Å². The monoisotopic (exact) mass is 546 g/mol. The van der Waals surface area contributed by atoms with Crippen molar-refractivity contribution >= 4 is 22.9 Å². The number of nitrogens with one attached hydrogen (secondary N) is 2. The van der Waals surface area contributed by atoms with E-state index in [2.05, 4.69) is 10.6 Å². The molecule has 0 unspecified atom stereocenters. The van der Waals surface area contributed by atoms with Crippen LogP contribution in [0.15, 0.2) is 51.7 Å². The number of aryl methyl sites for hydroxylation is 1.